The fourth-order valence-electron chi connectivity index (χ4n) is 4.83. The lowest BCUT2D eigenvalue weighted by atomic mass is 9.73. The molecule has 1 aromatic rings. The maximum Gasteiger partial charge on any atom is 0.325 e. The number of carbonyl (C=O) groups excluding carboxylic acids is 1. The average Bonchev–Trinajstić information content (AvgIpc) is 3.03. The van der Waals surface area contributed by atoms with Gasteiger partial charge in [0.15, 0.2) is 0 Å². The fraction of sp³-hybridized carbons (Fsp3) is 0.708. The van der Waals surface area contributed by atoms with E-state index in [0.717, 1.165) is 38.2 Å². The zero-order valence-corrected chi connectivity index (χ0v) is 23.8. The molecule has 3 rings (SSSR count). The number of fused-ring (bicyclic) bond motifs is 2. The molecule has 0 amide bonds. The predicted octanol–water partition coefficient (Wildman–Crippen LogP) is 4.38. The number of rotatable bonds is 10. The SMILES string of the molecule is CC.CN1C2CCC1C(C(=O)CCCOP(C)(=O)O)C(c1ccc(F)cc1)C2.CP(=O)(O)OCCN. The van der Waals surface area contributed by atoms with Crippen LogP contribution < -0.4 is 5.73 Å². The summed E-state index contributed by atoms with van der Waals surface area (Å²) in [5, 5.41) is 0. The molecule has 0 saturated carbocycles. The molecule has 1 aromatic carbocycles. The number of ketones is 1. The summed E-state index contributed by atoms with van der Waals surface area (Å²) in [5.41, 5.74) is 6.01. The van der Waals surface area contributed by atoms with E-state index in [4.69, 9.17) is 15.2 Å². The minimum atomic E-state index is -3.50. The van der Waals surface area contributed by atoms with Gasteiger partial charge in [-0.05, 0) is 56.3 Å². The van der Waals surface area contributed by atoms with Gasteiger partial charge in [-0.3, -0.25) is 18.8 Å². The number of Topliss-reactive ketones (excluding diaryl/α,β-unsaturated/α-hetero) is 1. The zero-order valence-electron chi connectivity index (χ0n) is 22.0. The second-order valence-corrected chi connectivity index (χ2v) is 12.7. The van der Waals surface area contributed by atoms with Crippen LogP contribution >= 0.6 is 15.2 Å². The molecule has 36 heavy (non-hydrogen) atoms. The molecule has 12 heteroatoms. The number of nitrogens with zero attached hydrogens (tertiary/aromatic N) is 1. The normalized spacial score (nSPS) is 26.5. The highest BCUT2D eigenvalue weighted by atomic mass is 31.2. The summed E-state index contributed by atoms with van der Waals surface area (Å²) >= 11 is 0. The first kappa shape index (κ1) is 33.1. The van der Waals surface area contributed by atoms with E-state index in [1.807, 2.05) is 13.8 Å². The third-order valence-corrected chi connectivity index (χ3v) is 7.61. The van der Waals surface area contributed by atoms with Crippen LogP contribution in [0.1, 0.15) is 57.4 Å². The lowest BCUT2D eigenvalue weighted by Crippen LogP contribution is -2.48. The molecule has 0 spiro atoms. The Balaban J connectivity index is 0.000000554. The number of benzene rings is 1. The topological polar surface area (TPSA) is 139 Å². The second-order valence-electron chi connectivity index (χ2n) is 9.01. The van der Waals surface area contributed by atoms with Crippen molar-refractivity contribution < 1.29 is 37.1 Å². The highest BCUT2D eigenvalue weighted by Crippen LogP contribution is 2.47. The van der Waals surface area contributed by atoms with Gasteiger partial charge in [0.05, 0.1) is 13.2 Å². The Morgan fingerprint density at radius 2 is 1.64 bits per heavy atom. The van der Waals surface area contributed by atoms with Gasteiger partial charge >= 0.3 is 15.2 Å². The Kier molecular flexibility index (Phi) is 14.2. The largest absolute Gasteiger partial charge is 0.328 e. The molecule has 2 bridgehead atoms. The van der Waals surface area contributed by atoms with E-state index >= 15 is 0 Å². The van der Waals surface area contributed by atoms with Crippen LogP contribution in [-0.4, -0.2) is 72.7 Å². The van der Waals surface area contributed by atoms with Gasteiger partial charge in [-0.25, -0.2) is 4.39 Å². The minimum absolute atomic E-state index is 0.104. The van der Waals surface area contributed by atoms with Gasteiger partial charge in [-0.2, -0.15) is 0 Å². The van der Waals surface area contributed by atoms with Crippen LogP contribution in [0.4, 0.5) is 4.39 Å². The van der Waals surface area contributed by atoms with Crippen LogP contribution in [0.15, 0.2) is 24.3 Å². The van der Waals surface area contributed by atoms with Crippen LogP contribution in [0.25, 0.3) is 0 Å². The van der Waals surface area contributed by atoms with Crippen LogP contribution in [0.5, 0.6) is 0 Å². The molecular weight excluding hydrogens is 509 g/mol. The number of nitrogens with two attached hydrogens (primary N) is 1. The Hall–Kier alpha value is -0.960. The van der Waals surface area contributed by atoms with E-state index in [2.05, 4.69) is 16.5 Å². The molecule has 2 aliphatic rings. The quantitative estimate of drug-likeness (QED) is 0.285. The van der Waals surface area contributed by atoms with Crippen molar-refractivity contribution in [2.24, 2.45) is 11.7 Å². The number of piperidine rings is 1. The third-order valence-electron chi connectivity index (χ3n) is 6.29. The Morgan fingerprint density at radius 3 is 2.14 bits per heavy atom. The van der Waals surface area contributed by atoms with Crippen LogP contribution in [0.2, 0.25) is 0 Å². The lowest BCUT2D eigenvalue weighted by Gasteiger charge is -2.42. The number of hydrogen-bond acceptors (Lipinski definition) is 7. The summed E-state index contributed by atoms with van der Waals surface area (Å²) < 4.78 is 44.0. The second kappa shape index (κ2) is 15.5. The maximum atomic E-state index is 13.3. The summed E-state index contributed by atoms with van der Waals surface area (Å²) in [4.78, 5) is 32.9. The van der Waals surface area contributed by atoms with Crippen LogP contribution in [-0.2, 0) is 23.0 Å². The van der Waals surface area contributed by atoms with E-state index in [1.54, 1.807) is 12.1 Å². The van der Waals surface area contributed by atoms with E-state index in [9.17, 15) is 23.2 Å². The third kappa shape index (κ3) is 11.2. The molecule has 2 saturated heterocycles. The molecule has 9 nitrogen and oxygen atoms in total. The molecule has 2 aliphatic heterocycles. The van der Waals surface area contributed by atoms with Gasteiger partial charge < -0.3 is 24.6 Å². The van der Waals surface area contributed by atoms with Crippen molar-refractivity contribution in [1.29, 1.82) is 0 Å². The van der Waals surface area contributed by atoms with Crippen molar-refractivity contribution >= 4 is 21.0 Å². The molecule has 0 aromatic heterocycles. The number of halogens is 1. The van der Waals surface area contributed by atoms with E-state index in [-0.39, 0.29) is 49.2 Å². The molecule has 2 fully saturated rings. The molecule has 0 radical (unpaired) electrons. The summed E-state index contributed by atoms with van der Waals surface area (Å²) in [6.07, 6.45) is 3.77. The van der Waals surface area contributed by atoms with Crippen LogP contribution in [0, 0.1) is 11.7 Å². The molecule has 6 atom stereocenters. The van der Waals surface area contributed by atoms with Gasteiger partial charge in [0.25, 0.3) is 0 Å². The van der Waals surface area contributed by atoms with Gasteiger partial charge in [0, 0.05) is 44.3 Å². The molecule has 6 unspecified atom stereocenters. The zero-order chi connectivity index (χ0) is 27.5. The summed E-state index contributed by atoms with van der Waals surface area (Å²) in [5.74, 6) is -0.110. The van der Waals surface area contributed by atoms with Gasteiger partial charge in [0.2, 0.25) is 0 Å². The lowest BCUT2D eigenvalue weighted by molar-refractivity contribution is -0.127. The molecule has 208 valence electrons. The minimum Gasteiger partial charge on any atom is -0.328 e. The Morgan fingerprint density at radius 1 is 1.08 bits per heavy atom. The van der Waals surface area contributed by atoms with Gasteiger partial charge in [0.1, 0.15) is 11.6 Å². The first-order valence-corrected chi connectivity index (χ1v) is 16.5. The Bertz CT molecular complexity index is 891. The van der Waals surface area contributed by atoms with Crippen molar-refractivity contribution in [2.75, 3.05) is 40.1 Å². The summed E-state index contributed by atoms with van der Waals surface area (Å²) in [6.45, 7) is 6.80. The number of carbonyl (C=O) groups is 1. The summed E-state index contributed by atoms with van der Waals surface area (Å²) in [7, 11) is -4.67. The van der Waals surface area contributed by atoms with Crippen molar-refractivity contribution in [3.05, 3.63) is 35.6 Å². The highest BCUT2D eigenvalue weighted by Gasteiger charge is 2.48. The number of hydrogen-bond donors (Lipinski definition) is 3. The van der Waals surface area contributed by atoms with Crippen molar-refractivity contribution in [3.63, 3.8) is 0 Å². The average molecular weight is 553 g/mol. The maximum absolute atomic E-state index is 13.3. The van der Waals surface area contributed by atoms with Gasteiger partial charge in [-0.1, -0.05) is 26.0 Å². The first-order valence-electron chi connectivity index (χ1n) is 12.4. The summed E-state index contributed by atoms with van der Waals surface area (Å²) in [6, 6.07) is 7.21. The smallest absolute Gasteiger partial charge is 0.325 e. The van der Waals surface area contributed by atoms with E-state index in [1.165, 1.54) is 12.1 Å². The molecule has 2 heterocycles. The van der Waals surface area contributed by atoms with Crippen molar-refractivity contribution in [1.82, 2.24) is 4.90 Å². The van der Waals surface area contributed by atoms with Gasteiger partial charge in [-0.15, -0.1) is 0 Å². The standard InChI is InChI=1S/C19H27FNO4P.C3H10NO3P.C2H6/c1-21-15-9-10-17(21)19(18(22)4-3-11-25-26(2,23)24)16(12-15)13-5-7-14(20)8-6-13;1-8(5,6)7-3-2-4;1-2/h5-8,15-17,19H,3-4,9-12H2,1-2H3,(H,23,24);2-4H2,1H3,(H,5,6);1-2H3. The van der Waals surface area contributed by atoms with E-state index < -0.39 is 15.2 Å². The first-order chi connectivity index (χ1) is 16.8. The van der Waals surface area contributed by atoms with Crippen molar-refractivity contribution in [2.45, 2.75) is 64.0 Å². The predicted molar refractivity (Wildman–Crippen MR) is 140 cm³/mol. The van der Waals surface area contributed by atoms with Crippen molar-refractivity contribution in [3.8, 4) is 0 Å². The fourth-order valence-corrected chi connectivity index (χ4v) is 5.74. The molecule has 0 aliphatic carbocycles. The highest BCUT2D eigenvalue weighted by molar-refractivity contribution is 7.52. The molecule has 4 N–H and O–H groups in total. The molecular formula is C24H43FN2O7P2. The van der Waals surface area contributed by atoms with Crippen LogP contribution in [0.3, 0.4) is 0 Å². The van der Waals surface area contributed by atoms with E-state index in [0.29, 0.717) is 18.9 Å². The monoisotopic (exact) mass is 552 g/mol. The Labute approximate surface area is 214 Å².